The van der Waals surface area contributed by atoms with Crippen molar-refractivity contribution >= 4 is 11.9 Å². The van der Waals surface area contributed by atoms with Crippen molar-refractivity contribution in [3.8, 4) is 0 Å². The van der Waals surface area contributed by atoms with Crippen LogP contribution in [0.3, 0.4) is 0 Å². The average Bonchev–Trinajstić information content (AvgIpc) is 2.31. The van der Waals surface area contributed by atoms with Gasteiger partial charge in [-0.3, -0.25) is 4.79 Å². The molecular formula is C6H10N2O3. The Kier molecular flexibility index (Phi) is 2.09. The highest BCUT2D eigenvalue weighted by molar-refractivity contribution is 5.89. The summed E-state index contributed by atoms with van der Waals surface area (Å²) in [4.78, 5) is 21.2. The van der Waals surface area contributed by atoms with Crippen molar-refractivity contribution in [2.45, 2.75) is 12.5 Å². The molecule has 2 atom stereocenters. The molecule has 1 heterocycles. The molecule has 62 valence electrons. The lowest BCUT2D eigenvalue weighted by Crippen LogP contribution is -2.33. The van der Waals surface area contributed by atoms with Crippen LogP contribution in [0.1, 0.15) is 6.42 Å². The number of carbonyl (C=O) groups excluding carboxylic acids is 1. The topological polar surface area (TPSA) is 92.4 Å². The predicted molar refractivity (Wildman–Crippen MR) is 36.7 cm³/mol. The first-order chi connectivity index (χ1) is 5.15. The Balaban J connectivity index is 2.56. The molecule has 5 nitrogen and oxygen atoms in total. The normalized spacial score (nSPS) is 30.1. The zero-order valence-corrected chi connectivity index (χ0v) is 5.91. The van der Waals surface area contributed by atoms with Crippen LogP contribution in [0.15, 0.2) is 0 Å². The summed E-state index contributed by atoms with van der Waals surface area (Å²) in [6.45, 7) is 0.218. The van der Waals surface area contributed by atoms with E-state index in [0.717, 1.165) is 0 Å². The van der Waals surface area contributed by atoms with E-state index in [-0.39, 0.29) is 18.4 Å². The molecule has 0 unspecified atom stereocenters. The lowest BCUT2D eigenvalue weighted by atomic mass is 10.1. The summed E-state index contributed by atoms with van der Waals surface area (Å²) in [7, 11) is 0. The van der Waals surface area contributed by atoms with Crippen LogP contribution in [0.2, 0.25) is 0 Å². The van der Waals surface area contributed by atoms with Crippen molar-refractivity contribution in [3.05, 3.63) is 0 Å². The number of hydrogen-bond donors (Lipinski definition) is 3. The van der Waals surface area contributed by atoms with E-state index in [0.29, 0.717) is 6.42 Å². The molecule has 1 aliphatic heterocycles. The maximum absolute atomic E-state index is 10.9. The predicted octanol–water partition coefficient (Wildman–Crippen LogP) is -1.47. The zero-order valence-electron chi connectivity index (χ0n) is 5.91. The fraction of sp³-hybridized carbons (Fsp3) is 0.667. The first-order valence-corrected chi connectivity index (χ1v) is 3.38. The quantitative estimate of drug-likeness (QED) is 0.457. The van der Waals surface area contributed by atoms with Crippen LogP contribution in [0.5, 0.6) is 0 Å². The minimum absolute atomic E-state index is 0.218. The van der Waals surface area contributed by atoms with Crippen LogP contribution < -0.4 is 11.1 Å². The van der Waals surface area contributed by atoms with Crippen LogP contribution in [-0.4, -0.2) is 29.6 Å². The summed E-state index contributed by atoms with van der Waals surface area (Å²) in [6.07, 6.45) is 0.310. The van der Waals surface area contributed by atoms with Gasteiger partial charge in [0.2, 0.25) is 5.91 Å². The third kappa shape index (κ3) is 1.48. The second-order valence-corrected chi connectivity index (χ2v) is 2.57. The monoisotopic (exact) mass is 158 g/mol. The number of hydrogen-bond acceptors (Lipinski definition) is 3. The molecule has 0 aromatic heterocycles. The number of amides is 1. The Morgan fingerprint density at radius 3 is 2.73 bits per heavy atom. The van der Waals surface area contributed by atoms with E-state index in [4.69, 9.17) is 10.8 Å². The molecule has 0 radical (unpaired) electrons. The van der Waals surface area contributed by atoms with Gasteiger partial charge in [0.25, 0.3) is 0 Å². The maximum Gasteiger partial charge on any atom is 0.326 e. The van der Waals surface area contributed by atoms with Crippen LogP contribution >= 0.6 is 0 Å². The SMILES string of the molecule is NC[C@H]1C[C@@H](C(=O)O)NC1=O. The van der Waals surface area contributed by atoms with Gasteiger partial charge in [0.15, 0.2) is 0 Å². The largest absolute Gasteiger partial charge is 0.480 e. The van der Waals surface area contributed by atoms with Crippen molar-refractivity contribution in [1.29, 1.82) is 0 Å². The first kappa shape index (κ1) is 8.00. The molecule has 5 heteroatoms. The third-order valence-corrected chi connectivity index (χ3v) is 1.79. The molecule has 11 heavy (non-hydrogen) atoms. The van der Waals surface area contributed by atoms with Crippen molar-refractivity contribution in [2.24, 2.45) is 11.7 Å². The number of nitrogens with two attached hydrogens (primary N) is 1. The van der Waals surface area contributed by atoms with E-state index in [9.17, 15) is 9.59 Å². The van der Waals surface area contributed by atoms with Gasteiger partial charge in [-0.1, -0.05) is 0 Å². The summed E-state index contributed by atoms with van der Waals surface area (Å²) in [5.41, 5.74) is 5.23. The Labute approximate surface area is 63.6 Å². The number of carboxylic acid groups (broad SMARTS) is 1. The van der Waals surface area contributed by atoms with Crippen LogP contribution in [0.25, 0.3) is 0 Å². The van der Waals surface area contributed by atoms with E-state index < -0.39 is 12.0 Å². The van der Waals surface area contributed by atoms with E-state index in [1.54, 1.807) is 0 Å². The van der Waals surface area contributed by atoms with Gasteiger partial charge in [0.1, 0.15) is 6.04 Å². The molecule has 0 saturated carbocycles. The van der Waals surface area contributed by atoms with Gasteiger partial charge in [0.05, 0.1) is 5.92 Å². The molecule has 0 aliphatic carbocycles. The van der Waals surface area contributed by atoms with Crippen LogP contribution in [0, 0.1) is 5.92 Å². The third-order valence-electron chi connectivity index (χ3n) is 1.79. The van der Waals surface area contributed by atoms with Crippen molar-refractivity contribution in [2.75, 3.05) is 6.54 Å². The van der Waals surface area contributed by atoms with Crippen LogP contribution in [0.4, 0.5) is 0 Å². The lowest BCUT2D eigenvalue weighted by molar-refractivity contribution is -0.140. The molecule has 1 rings (SSSR count). The first-order valence-electron chi connectivity index (χ1n) is 3.38. The van der Waals surface area contributed by atoms with Gasteiger partial charge >= 0.3 is 5.97 Å². The highest BCUT2D eigenvalue weighted by atomic mass is 16.4. The van der Waals surface area contributed by atoms with Gasteiger partial charge in [-0.15, -0.1) is 0 Å². The van der Waals surface area contributed by atoms with Gasteiger partial charge in [-0.05, 0) is 6.42 Å². The standard InChI is InChI=1S/C6H10N2O3/c7-2-3-1-4(6(10)11)8-5(3)9/h3-4H,1-2,7H2,(H,8,9)(H,10,11)/t3-,4+/m1/s1. The smallest absolute Gasteiger partial charge is 0.326 e. The average molecular weight is 158 g/mol. The van der Waals surface area contributed by atoms with E-state index >= 15 is 0 Å². The van der Waals surface area contributed by atoms with Gasteiger partial charge in [-0.25, -0.2) is 4.79 Å². The molecule has 1 saturated heterocycles. The van der Waals surface area contributed by atoms with Gasteiger partial charge in [-0.2, -0.15) is 0 Å². The lowest BCUT2D eigenvalue weighted by Gasteiger charge is -2.00. The summed E-state index contributed by atoms with van der Waals surface area (Å²) in [6, 6.07) is -0.740. The number of rotatable bonds is 2. The molecule has 0 aromatic rings. The number of carbonyl (C=O) groups is 2. The number of nitrogens with one attached hydrogen (secondary N) is 1. The van der Waals surface area contributed by atoms with Crippen molar-refractivity contribution in [1.82, 2.24) is 5.32 Å². The molecule has 1 amide bonds. The van der Waals surface area contributed by atoms with Crippen molar-refractivity contribution in [3.63, 3.8) is 0 Å². The summed E-state index contributed by atoms with van der Waals surface area (Å²) in [5.74, 6) is -1.56. The Morgan fingerprint density at radius 1 is 1.82 bits per heavy atom. The molecule has 1 fully saturated rings. The molecule has 0 bridgehead atoms. The Hall–Kier alpha value is -1.10. The Bertz CT molecular complexity index is 192. The number of aliphatic carboxylic acids is 1. The van der Waals surface area contributed by atoms with Crippen molar-refractivity contribution < 1.29 is 14.7 Å². The summed E-state index contributed by atoms with van der Waals surface area (Å²) < 4.78 is 0. The summed E-state index contributed by atoms with van der Waals surface area (Å²) >= 11 is 0. The minimum Gasteiger partial charge on any atom is -0.480 e. The molecule has 4 N–H and O–H groups in total. The van der Waals surface area contributed by atoms with Crippen LogP contribution in [-0.2, 0) is 9.59 Å². The zero-order chi connectivity index (χ0) is 8.43. The second-order valence-electron chi connectivity index (χ2n) is 2.57. The van der Waals surface area contributed by atoms with Gasteiger partial charge < -0.3 is 16.2 Å². The molecule has 0 aromatic carbocycles. The molecular weight excluding hydrogens is 148 g/mol. The van der Waals surface area contributed by atoms with E-state index in [1.165, 1.54) is 0 Å². The van der Waals surface area contributed by atoms with E-state index in [1.807, 2.05) is 0 Å². The number of carboxylic acids is 1. The fourth-order valence-electron chi connectivity index (χ4n) is 1.11. The van der Waals surface area contributed by atoms with Gasteiger partial charge in [0, 0.05) is 6.54 Å². The van der Waals surface area contributed by atoms with E-state index in [2.05, 4.69) is 5.32 Å². The minimum atomic E-state index is -0.991. The molecule has 0 spiro atoms. The summed E-state index contributed by atoms with van der Waals surface area (Å²) in [5, 5.41) is 10.8. The second kappa shape index (κ2) is 2.87. The Morgan fingerprint density at radius 2 is 2.45 bits per heavy atom. The fourth-order valence-corrected chi connectivity index (χ4v) is 1.11. The molecule has 1 aliphatic rings. The highest BCUT2D eigenvalue weighted by Crippen LogP contribution is 2.13. The maximum atomic E-state index is 10.9. The highest BCUT2D eigenvalue weighted by Gasteiger charge is 2.34.